The number of ether oxygens (including phenoxy) is 1. The lowest BCUT2D eigenvalue weighted by atomic mass is 10.2. The number of rotatable bonds is 9. The molecule has 1 aliphatic heterocycles. The van der Waals surface area contributed by atoms with E-state index in [1.165, 1.54) is 28.4 Å². The molecule has 1 aromatic heterocycles. The monoisotopic (exact) mass is 465 g/mol. The highest BCUT2D eigenvalue weighted by atomic mass is 32.2. The van der Waals surface area contributed by atoms with Gasteiger partial charge in [-0.3, -0.25) is 19.1 Å². The minimum atomic E-state index is -0.130. The molecular weight excluding hydrogens is 442 g/mol. The summed E-state index contributed by atoms with van der Waals surface area (Å²) in [5.41, 5.74) is 0.928. The average molecular weight is 466 g/mol. The highest BCUT2D eigenvalue weighted by Crippen LogP contribution is 2.28. The molecule has 3 rings (SSSR count). The Morgan fingerprint density at radius 1 is 1.33 bits per heavy atom. The van der Waals surface area contributed by atoms with Crippen LogP contribution < -0.4 is 10.1 Å². The Morgan fingerprint density at radius 2 is 2.07 bits per heavy atom. The topological polar surface area (TPSA) is 89.3 Å². The molecule has 2 aromatic rings. The van der Waals surface area contributed by atoms with Gasteiger partial charge in [0.2, 0.25) is 11.8 Å². The van der Waals surface area contributed by atoms with E-state index in [1.54, 1.807) is 7.11 Å². The van der Waals surface area contributed by atoms with Crippen molar-refractivity contribution in [1.29, 1.82) is 0 Å². The molecule has 1 aliphatic rings. The molecule has 0 saturated carbocycles. The Bertz CT molecular complexity index is 914. The number of thiocarbonyl (C=S) groups is 1. The zero-order chi connectivity index (χ0) is 21.7. The Balaban J connectivity index is 1.58. The summed E-state index contributed by atoms with van der Waals surface area (Å²) in [5, 5.41) is 12.1. The number of aromatic nitrogens is 3. The summed E-state index contributed by atoms with van der Waals surface area (Å²) >= 11 is 7.82. The van der Waals surface area contributed by atoms with Crippen LogP contribution in [0.4, 0.5) is 0 Å². The lowest BCUT2D eigenvalue weighted by Crippen LogP contribution is -2.37. The van der Waals surface area contributed by atoms with Crippen LogP contribution in [0.2, 0.25) is 0 Å². The fourth-order valence-electron chi connectivity index (χ4n) is 2.86. The molecule has 2 amide bonds. The first-order chi connectivity index (χ1) is 14.4. The predicted molar refractivity (Wildman–Crippen MR) is 123 cm³/mol. The molecule has 1 fully saturated rings. The van der Waals surface area contributed by atoms with Crippen LogP contribution in [0.3, 0.4) is 0 Å². The molecule has 1 aromatic carbocycles. The first kappa shape index (κ1) is 22.6. The minimum absolute atomic E-state index is 0.00952. The van der Waals surface area contributed by atoms with Crippen molar-refractivity contribution in [3.05, 3.63) is 24.3 Å². The van der Waals surface area contributed by atoms with Gasteiger partial charge in [0.1, 0.15) is 10.1 Å². The maximum atomic E-state index is 12.2. The van der Waals surface area contributed by atoms with E-state index in [0.29, 0.717) is 28.3 Å². The number of hydrogen-bond donors (Lipinski definition) is 1. The summed E-state index contributed by atoms with van der Waals surface area (Å²) in [6.07, 6.45) is 0. The second-order valence-electron chi connectivity index (χ2n) is 6.74. The molecule has 0 aliphatic carbocycles. The molecule has 1 N–H and O–H groups in total. The summed E-state index contributed by atoms with van der Waals surface area (Å²) < 4.78 is 7.79. The van der Waals surface area contributed by atoms with Gasteiger partial charge in [0.15, 0.2) is 11.0 Å². The Hall–Kier alpha value is -2.11. The molecule has 30 heavy (non-hydrogen) atoms. The summed E-state index contributed by atoms with van der Waals surface area (Å²) in [7, 11) is 1.63. The van der Waals surface area contributed by atoms with Gasteiger partial charge in [0.05, 0.1) is 18.6 Å². The van der Waals surface area contributed by atoms with Gasteiger partial charge in [-0.2, -0.15) is 0 Å². The molecular formula is C19H23N5O3S3. The standard InChI is InChI=1S/C19H23N5O3S3/c1-12(2)24-17(13-4-6-14(27-3)7-5-13)21-22-18(24)29-10-15(25)20-8-9-23-16(26)11-30-19(23)28/h4-7,12H,8-11H2,1-3H3,(H,20,25). The zero-order valence-electron chi connectivity index (χ0n) is 17.0. The fourth-order valence-corrected chi connectivity index (χ4v) is 4.88. The lowest BCUT2D eigenvalue weighted by Gasteiger charge is -2.15. The van der Waals surface area contributed by atoms with Crippen molar-refractivity contribution in [3.63, 3.8) is 0 Å². The normalized spacial score (nSPS) is 13.9. The largest absolute Gasteiger partial charge is 0.497 e. The number of amides is 2. The molecule has 0 radical (unpaired) electrons. The summed E-state index contributed by atoms with van der Waals surface area (Å²) in [5.74, 6) is 1.97. The molecule has 1 saturated heterocycles. The molecule has 2 heterocycles. The summed E-state index contributed by atoms with van der Waals surface area (Å²) in [6.45, 7) is 4.85. The van der Waals surface area contributed by atoms with E-state index in [0.717, 1.165) is 17.1 Å². The van der Waals surface area contributed by atoms with E-state index in [4.69, 9.17) is 17.0 Å². The van der Waals surface area contributed by atoms with E-state index in [-0.39, 0.29) is 23.6 Å². The molecule has 11 heteroatoms. The molecule has 0 unspecified atom stereocenters. The number of methoxy groups -OCH3 is 1. The van der Waals surface area contributed by atoms with Crippen molar-refractivity contribution in [1.82, 2.24) is 25.0 Å². The third-order valence-corrected chi connectivity index (χ3v) is 6.74. The number of hydrogen-bond acceptors (Lipinski definition) is 8. The highest BCUT2D eigenvalue weighted by Gasteiger charge is 2.26. The van der Waals surface area contributed by atoms with Crippen LogP contribution in [0.1, 0.15) is 19.9 Å². The van der Waals surface area contributed by atoms with Gasteiger partial charge in [0.25, 0.3) is 0 Å². The van der Waals surface area contributed by atoms with Crippen LogP contribution in [0, 0.1) is 0 Å². The number of nitrogens with one attached hydrogen (secondary N) is 1. The molecule has 0 spiro atoms. The molecule has 8 nitrogen and oxygen atoms in total. The average Bonchev–Trinajstić information content (AvgIpc) is 3.30. The Kier molecular flexibility index (Phi) is 7.73. The Morgan fingerprint density at radius 3 is 2.67 bits per heavy atom. The number of nitrogens with zero attached hydrogens (tertiary/aromatic N) is 4. The second kappa shape index (κ2) is 10.3. The van der Waals surface area contributed by atoms with Crippen LogP contribution in [0.15, 0.2) is 29.4 Å². The minimum Gasteiger partial charge on any atom is -0.497 e. The van der Waals surface area contributed by atoms with E-state index in [2.05, 4.69) is 29.4 Å². The van der Waals surface area contributed by atoms with E-state index < -0.39 is 0 Å². The number of benzene rings is 1. The molecule has 0 atom stereocenters. The van der Waals surface area contributed by atoms with E-state index >= 15 is 0 Å². The van der Waals surface area contributed by atoms with E-state index in [9.17, 15) is 9.59 Å². The van der Waals surface area contributed by atoms with Crippen LogP contribution in [0.5, 0.6) is 5.75 Å². The summed E-state index contributed by atoms with van der Waals surface area (Å²) in [4.78, 5) is 25.5. The van der Waals surface area contributed by atoms with Gasteiger partial charge >= 0.3 is 0 Å². The number of carbonyl (C=O) groups is 2. The van der Waals surface area contributed by atoms with Gasteiger partial charge in [-0.25, -0.2) is 0 Å². The van der Waals surface area contributed by atoms with Crippen molar-refractivity contribution in [2.24, 2.45) is 0 Å². The second-order valence-corrected chi connectivity index (χ2v) is 9.29. The van der Waals surface area contributed by atoms with E-state index in [1.807, 2.05) is 28.8 Å². The Labute approximate surface area is 189 Å². The van der Waals surface area contributed by atoms with Crippen molar-refractivity contribution >= 4 is 51.9 Å². The molecule has 160 valence electrons. The van der Waals surface area contributed by atoms with Gasteiger partial charge in [-0.15, -0.1) is 10.2 Å². The van der Waals surface area contributed by atoms with Gasteiger partial charge in [-0.1, -0.05) is 35.7 Å². The first-order valence-corrected chi connectivity index (χ1v) is 11.7. The zero-order valence-corrected chi connectivity index (χ0v) is 19.4. The maximum absolute atomic E-state index is 12.2. The van der Waals surface area contributed by atoms with Crippen LogP contribution in [-0.2, 0) is 9.59 Å². The third kappa shape index (κ3) is 5.32. The van der Waals surface area contributed by atoms with Crippen LogP contribution >= 0.6 is 35.7 Å². The third-order valence-electron chi connectivity index (χ3n) is 4.36. The van der Waals surface area contributed by atoms with Crippen LogP contribution in [0.25, 0.3) is 11.4 Å². The van der Waals surface area contributed by atoms with Gasteiger partial charge in [-0.05, 0) is 38.1 Å². The van der Waals surface area contributed by atoms with Crippen molar-refractivity contribution in [2.45, 2.75) is 25.0 Å². The number of thioether (sulfide) groups is 2. The molecule has 0 bridgehead atoms. The SMILES string of the molecule is COc1ccc(-c2nnc(SCC(=O)NCCN3C(=O)CSC3=S)n2C(C)C)cc1. The van der Waals surface area contributed by atoms with Crippen molar-refractivity contribution in [2.75, 3.05) is 31.7 Å². The predicted octanol–water partition coefficient (Wildman–Crippen LogP) is 2.60. The summed E-state index contributed by atoms with van der Waals surface area (Å²) in [6, 6.07) is 7.76. The first-order valence-electron chi connectivity index (χ1n) is 9.36. The smallest absolute Gasteiger partial charge is 0.238 e. The van der Waals surface area contributed by atoms with Crippen molar-refractivity contribution in [3.8, 4) is 17.1 Å². The van der Waals surface area contributed by atoms with Crippen molar-refractivity contribution < 1.29 is 14.3 Å². The lowest BCUT2D eigenvalue weighted by molar-refractivity contribution is -0.124. The van der Waals surface area contributed by atoms with Gasteiger partial charge in [0, 0.05) is 24.7 Å². The number of carbonyl (C=O) groups excluding carboxylic acids is 2. The van der Waals surface area contributed by atoms with Gasteiger partial charge < -0.3 is 10.1 Å². The fraction of sp³-hybridized carbons (Fsp3) is 0.421. The quantitative estimate of drug-likeness (QED) is 0.447. The highest BCUT2D eigenvalue weighted by molar-refractivity contribution is 8.23. The maximum Gasteiger partial charge on any atom is 0.238 e. The van der Waals surface area contributed by atoms with Crippen LogP contribution in [-0.4, -0.2) is 67.5 Å².